The van der Waals surface area contributed by atoms with Crippen molar-refractivity contribution in [3.05, 3.63) is 35.2 Å². The number of rotatable bonds is 8. The summed E-state index contributed by atoms with van der Waals surface area (Å²) in [6.45, 7) is 5.98. The van der Waals surface area contributed by atoms with Crippen molar-refractivity contribution in [2.75, 3.05) is 20.3 Å². The van der Waals surface area contributed by atoms with Crippen molar-refractivity contribution in [2.45, 2.75) is 27.0 Å². The fourth-order valence-corrected chi connectivity index (χ4v) is 1.78. The first-order valence-corrected chi connectivity index (χ1v) is 6.77. The Bertz CT molecular complexity index is 571. The lowest BCUT2D eigenvalue weighted by Crippen LogP contribution is -2.20. The van der Waals surface area contributed by atoms with Crippen LogP contribution in [-0.2, 0) is 17.9 Å². The van der Waals surface area contributed by atoms with Gasteiger partial charge in [0.25, 0.3) is 0 Å². The summed E-state index contributed by atoms with van der Waals surface area (Å²) in [5, 5.41) is 7.06. The van der Waals surface area contributed by atoms with Gasteiger partial charge in [0, 0.05) is 32.8 Å². The van der Waals surface area contributed by atoms with E-state index >= 15 is 0 Å². The lowest BCUT2D eigenvalue weighted by molar-refractivity contribution is 0.198. The van der Waals surface area contributed by atoms with Gasteiger partial charge in [-0.1, -0.05) is 5.16 Å². The predicted molar refractivity (Wildman–Crippen MR) is 75.9 cm³/mol. The minimum Gasteiger partial charge on any atom is -0.484 e. The lowest BCUT2D eigenvalue weighted by Gasteiger charge is -2.11. The number of hydrogen-bond donors (Lipinski definition) is 1. The van der Waals surface area contributed by atoms with E-state index in [2.05, 4.69) is 20.4 Å². The van der Waals surface area contributed by atoms with Crippen LogP contribution in [0.2, 0.25) is 0 Å². The van der Waals surface area contributed by atoms with Crippen LogP contribution in [0.4, 0.5) is 0 Å². The predicted octanol–water partition coefficient (Wildman–Crippen LogP) is 1.40. The molecule has 2 aromatic heterocycles. The molecular weight excluding hydrogens is 272 g/mol. The van der Waals surface area contributed by atoms with E-state index in [1.165, 1.54) is 0 Å². The molecule has 0 radical (unpaired) electrons. The summed E-state index contributed by atoms with van der Waals surface area (Å²) < 4.78 is 15.6. The summed E-state index contributed by atoms with van der Waals surface area (Å²) in [4.78, 5) is 8.60. The van der Waals surface area contributed by atoms with Gasteiger partial charge in [0.2, 0.25) is 11.7 Å². The Morgan fingerprint density at radius 3 is 2.81 bits per heavy atom. The van der Waals surface area contributed by atoms with Crippen molar-refractivity contribution in [3.8, 4) is 5.75 Å². The van der Waals surface area contributed by atoms with Gasteiger partial charge >= 0.3 is 0 Å². The SMILES string of the molecule is COCCNCc1nc(C)ccc1OCc1noc(C)n1. The Balaban J connectivity index is 1.97. The Morgan fingerprint density at radius 1 is 1.24 bits per heavy atom. The van der Waals surface area contributed by atoms with E-state index < -0.39 is 0 Å². The molecule has 0 aliphatic carbocycles. The van der Waals surface area contributed by atoms with Crippen LogP contribution in [0.1, 0.15) is 23.1 Å². The third-order valence-corrected chi connectivity index (χ3v) is 2.77. The largest absolute Gasteiger partial charge is 0.484 e. The normalized spacial score (nSPS) is 10.8. The second-order valence-corrected chi connectivity index (χ2v) is 4.59. The molecule has 0 saturated carbocycles. The maximum Gasteiger partial charge on any atom is 0.223 e. The lowest BCUT2D eigenvalue weighted by atomic mass is 10.3. The van der Waals surface area contributed by atoms with Crippen molar-refractivity contribution in [3.63, 3.8) is 0 Å². The average Bonchev–Trinajstić information content (AvgIpc) is 2.88. The number of aromatic nitrogens is 3. The highest BCUT2D eigenvalue weighted by molar-refractivity contribution is 5.29. The fourth-order valence-electron chi connectivity index (χ4n) is 1.78. The minimum absolute atomic E-state index is 0.257. The van der Waals surface area contributed by atoms with E-state index in [0.717, 1.165) is 17.9 Å². The molecule has 7 heteroatoms. The smallest absolute Gasteiger partial charge is 0.223 e. The number of methoxy groups -OCH3 is 1. The molecule has 114 valence electrons. The summed E-state index contributed by atoms with van der Waals surface area (Å²) in [5.74, 6) is 1.76. The molecule has 0 aliphatic heterocycles. The van der Waals surface area contributed by atoms with Crippen molar-refractivity contribution >= 4 is 0 Å². The Kier molecular flexibility index (Phi) is 5.65. The summed E-state index contributed by atoms with van der Waals surface area (Å²) in [7, 11) is 1.67. The second kappa shape index (κ2) is 7.70. The number of pyridine rings is 1. The molecule has 21 heavy (non-hydrogen) atoms. The zero-order valence-corrected chi connectivity index (χ0v) is 12.5. The van der Waals surface area contributed by atoms with Crippen LogP contribution < -0.4 is 10.1 Å². The van der Waals surface area contributed by atoms with E-state index in [1.54, 1.807) is 14.0 Å². The van der Waals surface area contributed by atoms with Crippen molar-refractivity contribution in [2.24, 2.45) is 0 Å². The third-order valence-electron chi connectivity index (χ3n) is 2.77. The van der Waals surface area contributed by atoms with Crippen molar-refractivity contribution < 1.29 is 14.0 Å². The number of nitrogens with one attached hydrogen (secondary N) is 1. The van der Waals surface area contributed by atoms with Gasteiger partial charge in [-0.25, -0.2) is 0 Å². The van der Waals surface area contributed by atoms with E-state index in [9.17, 15) is 0 Å². The van der Waals surface area contributed by atoms with Crippen LogP contribution in [-0.4, -0.2) is 35.4 Å². The topological polar surface area (TPSA) is 82.3 Å². The monoisotopic (exact) mass is 292 g/mol. The quantitative estimate of drug-likeness (QED) is 0.736. The first-order chi connectivity index (χ1) is 10.2. The highest BCUT2D eigenvalue weighted by Crippen LogP contribution is 2.18. The Morgan fingerprint density at radius 2 is 2.10 bits per heavy atom. The molecule has 2 aromatic rings. The molecule has 0 aromatic carbocycles. The molecule has 0 bridgehead atoms. The van der Waals surface area contributed by atoms with Crippen LogP contribution in [0.5, 0.6) is 5.75 Å². The number of aryl methyl sites for hydroxylation is 2. The van der Waals surface area contributed by atoms with Gasteiger partial charge in [-0.15, -0.1) is 0 Å². The number of hydrogen-bond acceptors (Lipinski definition) is 7. The van der Waals surface area contributed by atoms with Gasteiger partial charge in [0.1, 0.15) is 5.75 Å². The molecule has 7 nitrogen and oxygen atoms in total. The molecule has 0 spiro atoms. The van der Waals surface area contributed by atoms with Crippen LogP contribution >= 0.6 is 0 Å². The number of nitrogens with zero attached hydrogens (tertiary/aromatic N) is 3. The van der Waals surface area contributed by atoms with Gasteiger partial charge in [0.15, 0.2) is 6.61 Å². The fraction of sp³-hybridized carbons (Fsp3) is 0.500. The van der Waals surface area contributed by atoms with Gasteiger partial charge in [-0.05, 0) is 19.1 Å². The number of ether oxygens (including phenoxy) is 2. The molecule has 0 fully saturated rings. The van der Waals surface area contributed by atoms with Gasteiger partial charge < -0.3 is 19.3 Å². The standard InChI is InChI=1S/C14H20N4O3/c1-10-4-5-13(12(16-10)8-15-6-7-19-3)20-9-14-17-11(2)21-18-14/h4-5,15H,6-9H2,1-3H3. The molecule has 2 heterocycles. The van der Waals surface area contributed by atoms with Crippen LogP contribution in [0.15, 0.2) is 16.7 Å². The Labute approximate surface area is 123 Å². The molecule has 0 amide bonds. The van der Waals surface area contributed by atoms with Crippen molar-refractivity contribution in [1.29, 1.82) is 0 Å². The first-order valence-electron chi connectivity index (χ1n) is 6.77. The maximum absolute atomic E-state index is 5.73. The molecule has 1 N–H and O–H groups in total. The van der Waals surface area contributed by atoms with E-state index in [-0.39, 0.29) is 6.61 Å². The van der Waals surface area contributed by atoms with Crippen LogP contribution in [0, 0.1) is 13.8 Å². The first kappa shape index (κ1) is 15.4. The van der Waals surface area contributed by atoms with E-state index in [1.807, 2.05) is 19.1 Å². The maximum atomic E-state index is 5.73. The molecule has 0 aliphatic rings. The van der Waals surface area contributed by atoms with Gasteiger partial charge in [-0.3, -0.25) is 4.98 Å². The summed E-state index contributed by atoms with van der Waals surface area (Å²) >= 11 is 0. The average molecular weight is 292 g/mol. The molecule has 0 saturated heterocycles. The van der Waals surface area contributed by atoms with Gasteiger partial charge in [-0.2, -0.15) is 4.98 Å². The van der Waals surface area contributed by atoms with Gasteiger partial charge in [0.05, 0.1) is 12.3 Å². The van der Waals surface area contributed by atoms with Crippen molar-refractivity contribution in [1.82, 2.24) is 20.4 Å². The minimum atomic E-state index is 0.257. The molecule has 2 rings (SSSR count). The zero-order valence-electron chi connectivity index (χ0n) is 12.5. The van der Waals surface area contributed by atoms with Crippen LogP contribution in [0.3, 0.4) is 0 Å². The molecular formula is C14H20N4O3. The van der Waals surface area contributed by atoms with Crippen LogP contribution in [0.25, 0.3) is 0 Å². The third kappa shape index (κ3) is 4.80. The summed E-state index contributed by atoms with van der Waals surface area (Å²) in [6.07, 6.45) is 0. The zero-order chi connectivity index (χ0) is 15.1. The second-order valence-electron chi connectivity index (χ2n) is 4.59. The highest BCUT2D eigenvalue weighted by Gasteiger charge is 2.08. The summed E-state index contributed by atoms with van der Waals surface area (Å²) in [6, 6.07) is 3.82. The Hall–Kier alpha value is -1.99. The molecule has 0 atom stereocenters. The summed E-state index contributed by atoms with van der Waals surface area (Å²) in [5.41, 5.74) is 1.80. The highest BCUT2D eigenvalue weighted by atomic mass is 16.5. The van der Waals surface area contributed by atoms with E-state index in [4.69, 9.17) is 14.0 Å². The molecule has 0 unspecified atom stereocenters. The van der Waals surface area contributed by atoms with E-state index in [0.29, 0.717) is 30.6 Å².